The standard InChI is InChI=1S/C13H19N3O2S/c17-19(18)7-3-4-10(8-19)16-13-11-5-1-2-6-12(11)14-9-15-13/h9-10H,1-8H2,(H,14,15,16). The van der Waals surface area contributed by atoms with E-state index in [4.69, 9.17) is 0 Å². The van der Waals surface area contributed by atoms with Crippen LogP contribution in [0.3, 0.4) is 0 Å². The average Bonchev–Trinajstić information content (AvgIpc) is 2.38. The smallest absolute Gasteiger partial charge is 0.152 e. The Hall–Kier alpha value is -1.17. The van der Waals surface area contributed by atoms with Crippen LogP contribution in [0.5, 0.6) is 0 Å². The molecule has 1 atom stereocenters. The summed E-state index contributed by atoms with van der Waals surface area (Å²) in [6.45, 7) is 0. The van der Waals surface area contributed by atoms with Crippen molar-refractivity contribution in [3.05, 3.63) is 17.6 Å². The van der Waals surface area contributed by atoms with Gasteiger partial charge in [-0.15, -0.1) is 0 Å². The van der Waals surface area contributed by atoms with Crippen LogP contribution in [0.4, 0.5) is 5.82 Å². The molecule has 1 fully saturated rings. The Morgan fingerprint density at radius 1 is 1.16 bits per heavy atom. The molecule has 1 aliphatic heterocycles. The Morgan fingerprint density at radius 2 is 2.00 bits per heavy atom. The van der Waals surface area contributed by atoms with Crippen LogP contribution in [0.2, 0.25) is 0 Å². The van der Waals surface area contributed by atoms with Crippen molar-refractivity contribution in [3.8, 4) is 0 Å². The summed E-state index contributed by atoms with van der Waals surface area (Å²) in [5.74, 6) is 1.41. The minimum absolute atomic E-state index is 0.000300. The molecule has 104 valence electrons. The van der Waals surface area contributed by atoms with Crippen LogP contribution in [-0.4, -0.2) is 35.9 Å². The minimum Gasteiger partial charge on any atom is -0.366 e. The van der Waals surface area contributed by atoms with Crippen LogP contribution >= 0.6 is 0 Å². The summed E-state index contributed by atoms with van der Waals surface area (Å²) in [5, 5.41) is 3.33. The van der Waals surface area contributed by atoms with Crippen LogP contribution in [-0.2, 0) is 22.7 Å². The minimum atomic E-state index is -2.88. The van der Waals surface area contributed by atoms with Crippen molar-refractivity contribution in [2.45, 2.75) is 44.6 Å². The molecule has 1 N–H and O–H groups in total. The third kappa shape index (κ3) is 2.88. The van der Waals surface area contributed by atoms with Crippen molar-refractivity contribution >= 4 is 15.7 Å². The first-order valence-corrected chi connectivity index (χ1v) is 8.76. The molecule has 1 saturated heterocycles. The number of fused-ring (bicyclic) bond motifs is 1. The van der Waals surface area contributed by atoms with Gasteiger partial charge in [0.25, 0.3) is 0 Å². The van der Waals surface area contributed by atoms with Gasteiger partial charge in [0.15, 0.2) is 9.84 Å². The van der Waals surface area contributed by atoms with E-state index in [-0.39, 0.29) is 11.8 Å². The van der Waals surface area contributed by atoms with Gasteiger partial charge in [-0.3, -0.25) is 0 Å². The molecule has 1 aromatic heterocycles. The van der Waals surface area contributed by atoms with E-state index in [0.717, 1.165) is 43.6 Å². The Kier molecular flexibility index (Phi) is 3.43. The second-order valence-electron chi connectivity index (χ2n) is 5.45. The Balaban J connectivity index is 1.80. The highest BCUT2D eigenvalue weighted by Gasteiger charge is 2.26. The van der Waals surface area contributed by atoms with Crippen molar-refractivity contribution in [3.63, 3.8) is 0 Å². The molecular formula is C13H19N3O2S. The van der Waals surface area contributed by atoms with Gasteiger partial charge in [0, 0.05) is 17.3 Å². The number of aromatic nitrogens is 2. The van der Waals surface area contributed by atoms with Crippen molar-refractivity contribution in [1.29, 1.82) is 0 Å². The molecule has 0 saturated carbocycles. The van der Waals surface area contributed by atoms with Crippen molar-refractivity contribution in [1.82, 2.24) is 9.97 Å². The predicted molar refractivity (Wildman–Crippen MR) is 74.0 cm³/mol. The molecule has 1 unspecified atom stereocenters. The van der Waals surface area contributed by atoms with Crippen LogP contribution in [0.1, 0.15) is 36.9 Å². The number of sulfone groups is 1. The molecule has 6 heteroatoms. The van der Waals surface area contributed by atoms with E-state index in [1.165, 1.54) is 12.0 Å². The molecule has 2 heterocycles. The van der Waals surface area contributed by atoms with Gasteiger partial charge in [-0.2, -0.15) is 0 Å². The summed E-state index contributed by atoms with van der Waals surface area (Å²) in [5.41, 5.74) is 2.32. The summed E-state index contributed by atoms with van der Waals surface area (Å²) >= 11 is 0. The normalized spacial score (nSPS) is 25.6. The third-order valence-corrected chi connectivity index (χ3v) is 5.75. The largest absolute Gasteiger partial charge is 0.366 e. The van der Waals surface area contributed by atoms with Crippen molar-refractivity contribution < 1.29 is 8.42 Å². The second-order valence-corrected chi connectivity index (χ2v) is 7.68. The van der Waals surface area contributed by atoms with E-state index in [0.29, 0.717) is 5.75 Å². The summed E-state index contributed by atoms with van der Waals surface area (Å²) in [6.07, 6.45) is 7.59. The van der Waals surface area contributed by atoms with E-state index in [1.807, 2.05) is 0 Å². The van der Waals surface area contributed by atoms with Gasteiger partial charge in [0.1, 0.15) is 12.1 Å². The molecule has 0 radical (unpaired) electrons. The first-order valence-electron chi connectivity index (χ1n) is 6.94. The maximum Gasteiger partial charge on any atom is 0.152 e. The monoisotopic (exact) mass is 281 g/mol. The molecule has 0 bridgehead atoms. The lowest BCUT2D eigenvalue weighted by atomic mass is 9.96. The van der Waals surface area contributed by atoms with Crippen LogP contribution < -0.4 is 5.32 Å². The lowest BCUT2D eigenvalue weighted by molar-refractivity contribution is 0.560. The van der Waals surface area contributed by atoms with E-state index < -0.39 is 9.84 Å². The Labute approximate surface area is 113 Å². The van der Waals surface area contributed by atoms with E-state index in [1.54, 1.807) is 6.33 Å². The van der Waals surface area contributed by atoms with Crippen LogP contribution in [0, 0.1) is 0 Å². The maximum absolute atomic E-state index is 11.7. The number of hydrogen-bond donors (Lipinski definition) is 1. The lowest BCUT2D eigenvalue weighted by Gasteiger charge is -2.26. The lowest BCUT2D eigenvalue weighted by Crippen LogP contribution is -2.35. The van der Waals surface area contributed by atoms with Crippen molar-refractivity contribution in [2.75, 3.05) is 16.8 Å². The molecule has 2 aliphatic rings. The predicted octanol–water partition coefficient (Wildman–Crippen LogP) is 1.34. The van der Waals surface area contributed by atoms with Gasteiger partial charge in [0.05, 0.1) is 11.5 Å². The summed E-state index contributed by atoms with van der Waals surface area (Å²) < 4.78 is 23.3. The zero-order valence-corrected chi connectivity index (χ0v) is 11.7. The van der Waals surface area contributed by atoms with Crippen molar-refractivity contribution in [2.24, 2.45) is 0 Å². The fourth-order valence-electron chi connectivity index (χ4n) is 2.98. The SMILES string of the molecule is O=S1(=O)CCCC(Nc2ncnc3c2CCCC3)C1. The van der Waals surface area contributed by atoms with Crippen LogP contribution in [0.25, 0.3) is 0 Å². The molecule has 19 heavy (non-hydrogen) atoms. The summed E-state index contributed by atoms with van der Waals surface area (Å²) in [4.78, 5) is 8.65. The topological polar surface area (TPSA) is 72.0 Å². The quantitative estimate of drug-likeness (QED) is 0.886. The van der Waals surface area contributed by atoms with Gasteiger partial charge < -0.3 is 5.32 Å². The molecule has 1 aromatic rings. The first-order chi connectivity index (χ1) is 9.14. The fourth-order valence-corrected chi connectivity index (χ4v) is 4.61. The van der Waals surface area contributed by atoms with Gasteiger partial charge in [0.2, 0.25) is 0 Å². The molecule has 0 aromatic carbocycles. The average molecular weight is 281 g/mol. The first kappa shape index (κ1) is 12.8. The highest BCUT2D eigenvalue weighted by Crippen LogP contribution is 2.26. The van der Waals surface area contributed by atoms with Gasteiger partial charge >= 0.3 is 0 Å². The highest BCUT2D eigenvalue weighted by atomic mass is 32.2. The summed E-state index contributed by atoms with van der Waals surface area (Å²) in [7, 11) is -2.88. The second kappa shape index (κ2) is 5.07. The number of nitrogens with one attached hydrogen (secondary N) is 1. The molecule has 0 amide bonds. The van der Waals surface area contributed by atoms with E-state index in [9.17, 15) is 8.42 Å². The fraction of sp³-hybridized carbons (Fsp3) is 0.692. The van der Waals surface area contributed by atoms with Gasteiger partial charge in [-0.05, 0) is 38.5 Å². The molecule has 0 spiro atoms. The highest BCUT2D eigenvalue weighted by molar-refractivity contribution is 7.91. The Morgan fingerprint density at radius 3 is 2.84 bits per heavy atom. The van der Waals surface area contributed by atoms with Crippen LogP contribution in [0.15, 0.2) is 6.33 Å². The number of rotatable bonds is 2. The molecule has 1 aliphatic carbocycles. The number of hydrogen-bond acceptors (Lipinski definition) is 5. The van der Waals surface area contributed by atoms with Gasteiger partial charge in [-0.25, -0.2) is 18.4 Å². The zero-order chi connectivity index (χ0) is 13.3. The zero-order valence-electron chi connectivity index (χ0n) is 10.9. The number of anilines is 1. The number of nitrogens with zero attached hydrogens (tertiary/aromatic N) is 2. The molecule has 5 nitrogen and oxygen atoms in total. The number of aryl methyl sites for hydroxylation is 1. The van der Waals surface area contributed by atoms with E-state index in [2.05, 4.69) is 15.3 Å². The van der Waals surface area contributed by atoms with Gasteiger partial charge in [-0.1, -0.05) is 0 Å². The molecular weight excluding hydrogens is 262 g/mol. The maximum atomic E-state index is 11.7. The van der Waals surface area contributed by atoms with E-state index >= 15 is 0 Å². The Bertz CT molecular complexity index is 571. The molecule has 3 rings (SSSR count). The summed E-state index contributed by atoms with van der Waals surface area (Å²) in [6, 6.07) is -0.000300. The third-order valence-electron chi connectivity index (χ3n) is 3.93.